The lowest BCUT2D eigenvalue weighted by atomic mass is 9.88. The van der Waals surface area contributed by atoms with Gasteiger partial charge in [-0.2, -0.15) is 4.72 Å². The maximum atomic E-state index is 12.2. The third-order valence-electron chi connectivity index (χ3n) is 4.84. The highest BCUT2D eigenvalue weighted by molar-refractivity contribution is 7.89. The summed E-state index contributed by atoms with van der Waals surface area (Å²) in [5, 5.41) is 2.93. The van der Waals surface area contributed by atoms with E-state index in [0.717, 1.165) is 29.7 Å². The number of hydrogen-bond donors (Lipinski definition) is 3. The van der Waals surface area contributed by atoms with E-state index in [0.29, 0.717) is 16.5 Å². The third-order valence-corrected chi connectivity index (χ3v) is 7.42. The zero-order valence-electron chi connectivity index (χ0n) is 16.8. The smallest absolute Gasteiger partial charge is 0.321 e. The molecule has 1 heterocycles. The average Bonchev–Trinajstić information content (AvgIpc) is 3.08. The van der Waals surface area contributed by atoms with Crippen molar-refractivity contribution in [3.63, 3.8) is 0 Å². The summed E-state index contributed by atoms with van der Waals surface area (Å²) in [5.41, 5.74) is 6.69. The molecular weight excluding hydrogens is 442 g/mol. The Labute approximate surface area is 184 Å². The summed E-state index contributed by atoms with van der Waals surface area (Å²) in [6.45, 7) is 0.877. The van der Waals surface area contributed by atoms with E-state index in [1.807, 2.05) is 0 Å². The van der Waals surface area contributed by atoms with E-state index in [9.17, 15) is 22.8 Å². The Morgan fingerprint density at radius 3 is 2.61 bits per heavy atom. The van der Waals surface area contributed by atoms with Crippen molar-refractivity contribution in [1.82, 2.24) is 4.72 Å². The molecule has 0 bridgehead atoms. The van der Waals surface area contributed by atoms with Gasteiger partial charge in [-0.3, -0.25) is 14.4 Å². The predicted molar refractivity (Wildman–Crippen MR) is 115 cm³/mol. The molecule has 1 aliphatic rings. The van der Waals surface area contributed by atoms with Gasteiger partial charge in [0.25, 0.3) is 11.8 Å². The lowest BCUT2D eigenvalue weighted by molar-refractivity contribution is -0.146. The molecule has 1 atom stereocenters. The Morgan fingerprint density at radius 2 is 1.94 bits per heavy atom. The summed E-state index contributed by atoms with van der Waals surface area (Å²) < 4.78 is 31.1. The number of rotatable bonds is 8. The van der Waals surface area contributed by atoms with Crippen molar-refractivity contribution in [2.45, 2.75) is 31.1 Å². The fraction of sp³-hybridized carbons (Fsp3) is 0.350. The van der Waals surface area contributed by atoms with Gasteiger partial charge in [-0.15, -0.1) is 11.3 Å². The van der Waals surface area contributed by atoms with E-state index in [1.165, 1.54) is 23.5 Å². The van der Waals surface area contributed by atoms with Crippen molar-refractivity contribution < 1.29 is 27.5 Å². The molecule has 0 saturated heterocycles. The summed E-state index contributed by atoms with van der Waals surface area (Å²) in [6, 6.07) is 7.55. The maximum absolute atomic E-state index is 12.2. The van der Waals surface area contributed by atoms with Crippen LogP contribution in [0.15, 0.2) is 35.2 Å². The summed E-state index contributed by atoms with van der Waals surface area (Å²) in [5.74, 6) is -1.69. The highest BCUT2D eigenvalue weighted by Crippen LogP contribution is 2.39. The Bertz CT molecular complexity index is 1100. The van der Waals surface area contributed by atoms with Gasteiger partial charge in [0.15, 0.2) is 6.61 Å². The van der Waals surface area contributed by atoms with Crippen molar-refractivity contribution >= 4 is 44.1 Å². The van der Waals surface area contributed by atoms with Gasteiger partial charge < -0.3 is 15.8 Å². The minimum absolute atomic E-state index is 0.00973. The van der Waals surface area contributed by atoms with Crippen molar-refractivity contribution in [3.05, 3.63) is 46.3 Å². The molecular formula is C20H23N3O6S2. The first-order valence-corrected chi connectivity index (χ1v) is 11.9. The second-order valence-electron chi connectivity index (χ2n) is 7.27. The number of thiophene rings is 1. The van der Waals surface area contributed by atoms with Crippen molar-refractivity contribution in [1.29, 1.82) is 0 Å². The lowest BCUT2D eigenvalue weighted by Crippen LogP contribution is -2.32. The van der Waals surface area contributed by atoms with Crippen LogP contribution in [0.2, 0.25) is 0 Å². The third kappa shape index (κ3) is 5.69. The summed E-state index contributed by atoms with van der Waals surface area (Å²) in [7, 11) is -3.87. The van der Waals surface area contributed by atoms with Crippen molar-refractivity contribution in [2.24, 2.45) is 11.7 Å². The highest BCUT2D eigenvalue weighted by Gasteiger charge is 2.27. The van der Waals surface area contributed by atoms with E-state index < -0.39 is 41.0 Å². The number of nitrogens with two attached hydrogens (primary N) is 1. The molecule has 9 nitrogen and oxygen atoms in total. The SMILES string of the molecule is C[C@@H]1CCc2c(sc(NC(=O)COC(=O)CNS(=O)(=O)c3ccccc3)c2C(N)=O)C1. The van der Waals surface area contributed by atoms with Crippen LogP contribution in [0.5, 0.6) is 0 Å². The number of benzene rings is 1. The van der Waals surface area contributed by atoms with Gasteiger partial charge in [0, 0.05) is 4.88 Å². The Morgan fingerprint density at radius 1 is 1.23 bits per heavy atom. The van der Waals surface area contributed by atoms with Crippen molar-refractivity contribution in [2.75, 3.05) is 18.5 Å². The molecule has 0 radical (unpaired) electrons. The molecule has 0 unspecified atom stereocenters. The number of hydrogen-bond acceptors (Lipinski definition) is 7. The molecule has 1 aliphatic carbocycles. The van der Waals surface area contributed by atoms with Crippen LogP contribution >= 0.6 is 11.3 Å². The molecule has 0 fully saturated rings. The molecule has 0 spiro atoms. The number of amides is 2. The lowest BCUT2D eigenvalue weighted by Gasteiger charge is -2.18. The zero-order valence-corrected chi connectivity index (χ0v) is 18.5. The van der Waals surface area contributed by atoms with E-state index in [1.54, 1.807) is 18.2 Å². The molecule has 0 saturated carbocycles. The average molecular weight is 466 g/mol. The second kappa shape index (κ2) is 9.58. The number of anilines is 1. The number of sulfonamides is 1. The molecule has 0 aliphatic heterocycles. The molecule has 2 amide bonds. The number of fused-ring (bicyclic) bond motifs is 1. The molecule has 11 heteroatoms. The zero-order chi connectivity index (χ0) is 22.6. The maximum Gasteiger partial charge on any atom is 0.321 e. The van der Waals surface area contributed by atoms with Crippen LogP contribution < -0.4 is 15.8 Å². The van der Waals surface area contributed by atoms with Gasteiger partial charge in [-0.05, 0) is 42.9 Å². The van der Waals surface area contributed by atoms with Crippen LogP contribution in [0.3, 0.4) is 0 Å². The van der Waals surface area contributed by atoms with E-state index in [2.05, 4.69) is 17.0 Å². The number of primary amides is 1. The quantitative estimate of drug-likeness (QED) is 0.503. The number of esters is 1. The van der Waals surface area contributed by atoms with Gasteiger partial charge in [0.05, 0.1) is 10.5 Å². The van der Waals surface area contributed by atoms with Gasteiger partial charge >= 0.3 is 5.97 Å². The van der Waals surface area contributed by atoms with Crippen LogP contribution in [-0.4, -0.2) is 39.4 Å². The largest absolute Gasteiger partial charge is 0.455 e. The normalized spacial score (nSPS) is 15.7. The first kappa shape index (κ1) is 22.9. The summed E-state index contributed by atoms with van der Waals surface area (Å²) in [4.78, 5) is 37.0. The minimum atomic E-state index is -3.87. The number of carbonyl (C=O) groups excluding carboxylic acids is 3. The van der Waals surface area contributed by atoms with Crippen LogP contribution in [0.4, 0.5) is 5.00 Å². The summed E-state index contributed by atoms with van der Waals surface area (Å²) in [6.07, 6.45) is 2.47. The molecule has 1 aromatic carbocycles. The molecule has 2 aromatic rings. The Kier molecular flexibility index (Phi) is 7.08. The Hall–Kier alpha value is -2.76. The second-order valence-corrected chi connectivity index (χ2v) is 10.1. The van der Waals surface area contributed by atoms with Crippen LogP contribution in [-0.2, 0) is 37.2 Å². The predicted octanol–water partition coefficient (Wildman–Crippen LogP) is 1.43. The van der Waals surface area contributed by atoms with Gasteiger partial charge in [0.1, 0.15) is 11.5 Å². The topological polar surface area (TPSA) is 145 Å². The summed E-state index contributed by atoms with van der Waals surface area (Å²) >= 11 is 1.30. The van der Waals surface area contributed by atoms with E-state index in [-0.39, 0.29) is 4.90 Å². The number of carbonyl (C=O) groups is 3. The molecule has 4 N–H and O–H groups in total. The highest BCUT2D eigenvalue weighted by atomic mass is 32.2. The first-order chi connectivity index (χ1) is 14.7. The van der Waals surface area contributed by atoms with Crippen LogP contribution in [0.25, 0.3) is 0 Å². The fourth-order valence-electron chi connectivity index (χ4n) is 3.30. The van der Waals surface area contributed by atoms with Gasteiger partial charge in [-0.25, -0.2) is 8.42 Å². The van der Waals surface area contributed by atoms with E-state index >= 15 is 0 Å². The molecule has 166 valence electrons. The number of ether oxygens (including phenoxy) is 1. The number of nitrogens with one attached hydrogen (secondary N) is 2. The molecule has 31 heavy (non-hydrogen) atoms. The molecule has 3 rings (SSSR count). The van der Waals surface area contributed by atoms with Crippen molar-refractivity contribution in [3.8, 4) is 0 Å². The van der Waals surface area contributed by atoms with E-state index in [4.69, 9.17) is 10.5 Å². The Balaban J connectivity index is 1.55. The van der Waals surface area contributed by atoms with Gasteiger partial charge in [0.2, 0.25) is 10.0 Å². The van der Waals surface area contributed by atoms with Gasteiger partial charge in [-0.1, -0.05) is 25.1 Å². The fourth-order valence-corrected chi connectivity index (χ4v) is 5.72. The van der Waals surface area contributed by atoms with Crippen LogP contribution in [0, 0.1) is 5.92 Å². The minimum Gasteiger partial charge on any atom is -0.455 e. The van der Waals surface area contributed by atoms with Crippen LogP contribution in [0.1, 0.15) is 34.1 Å². The standard InChI is InChI=1S/C20H23N3O6S2/c1-12-7-8-14-15(9-12)30-20(18(14)19(21)26)23-16(24)11-29-17(25)10-22-31(27,28)13-5-3-2-4-6-13/h2-6,12,22H,7-11H2,1H3,(H2,21,26)(H,23,24)/t12-/m1/s1. The molecule has 1 aromatic heterocycles. The first-order valence-electron chi connectivity index (χ1n) is 9.62. The monoisotopic (exact) mass is 465 g/mol.